The molecular weight excluding hydrogens is 288 g/mol. The molecule has 0 saturated heterocycles. The Hall–Kier alpha value is -2.15. The van der Waals surface area contributed by atoms with Crippen LogP contribution in [0, 0.1) is 6.92 Å². The molecule has 3 aromatic rings. The topological polar surface area (TPSA) is 61.4 Å². The minimum Gasteiger partial charge on any atom is -0.466 e. The highest BCUT2D eigenvalue weighted by atomic mass is 32.1. The van der Waals surface area contributed by atoms with Gasteiger partial charge in [0.05, 0.1) is 24.4 Å². The van der Waals surface area contributed by atoms with E-state index in [9.17, 15) is 4.79 Å². The summed E-state index contributed by atoms with van der Waals surface area (Å²) >= 11 is 1.52. The summed E-state index contributed by atoms with van der Waals surface area (Å²) in [5.74, 6) is -0.218. The van der Waals surface area contributed by atoms with E-state index in [1.807, 2.05) is 43.1 Å². The summed E-state index contributed by atoms with van der Waals surface area (Å²) in [7, 11) is 1.89. The summed E-state index contributed by atoms with van der Waals surface area (Å²) in [6.45, 7) is 4.17. The van der Waals surface area contributed by atoms with Gasteiger partial charge < -0.3 is 4.74 Å². The SMILES string of the molecule is CCOC(=O)Cc1csc2nc(-c3cn(C)nc3C)cn12. The predicted molar refractivity (Wildman–Crippen MR) is 80.3 cm³/mol. The van der Waals surface area contributed by atoms with Gasteiger partial charge in [-0.25, -0.2) is 4.98 Å². The maximum absolute atomic E-state index is 11.6. The zero-order valence-electron chi connectivity index (χ0n) is 12.2. The predicted octanol–water partition coefficient (Wildman–Crippen LogP) is 2.21. The lowest BCUT2D eigenvalue weighted by Crippen LogP contribution is -2.08. The van der Waals surface area contributed by atoms with Gasteiger partial charge >= 0.3 is 5.97 Å². The number of carbonyl (C=O) groups excluding carboxylic acids is 1. The Bertz CT molecular complexity index is 799. The van der Waals surface area contributed by atoms with Crippen LogP contribution in [0.1, 0.15) is 18.3 Å². The first kappa shape index (κ1) is 13.8. The molecule has 3 heterocycles. The van der Waals surface area contributed by atoms with E-state index in [-0.39, 0.29) is 12.4 Å². The van der Waals surface area contributed by atoms with Gasteiger partial charge in [0.1, 0.15) is 0 Å². The number of ether oxygens (including phenoxy) is 1. The number of rotatable bonds is 4. The Morgan fingerprint density at radius 2 is 2.24 bits per heavy atom. The highest BCUT2D eigenvalue weighted by molar-refractivity contribution is 7.15. The molecule has 110 valence electrons. The third kappa shape index (κ3) is 2.56. The van der Waals surface area contributed by atoms with E-state index in [1.165, 1.54) is 11.3 Å². The minimum absolute atomic E-state index is 0.218. The second kappa shape index (κ2) is 5.33. The number of thiazole rings is 1. The van der Waals surface area contributed by atoms with Crippen molar-refractivity contribution in [1.82, 2.24) is 19.2 Å². The molecule has 3 rings (SSSR count). The van der Waals surface area contributed by atoms with Crippen LogP contribution < -0.4 is 0 Å². The first-order valence-electron chi connectivity index (χ1n) is 6.70. The summed E-state index contributed by atoms with van der Waals surface area (Å²) in [6, 6.07) is 0. The average molecular weight is 304 g/mol. The van der Waals surface area contributed by atoms with Gasteiger partial charge in [-0.1, -0.05) is 0 Å². The first-order chi connectivity index (χ1) is 10.1. The summed E-state index contributed by atoms with van der Waals surface area (Å²) in [4.78, 5) is 17.1. The highest BCUT2D eigenvalue weighted by Gasteiger charge is 2.15. The van der Waals surface area contributed by atoms with Crippen LogP contribution >= 0.6 is 11.3 Å². The normalized spacial score (nSPS) is 11.2. The standard InChI is InChI=1S/C14H16N4O2S/c1-4-20-13(19)5-10-8-21-14-15-12(7-18(10)14)11-6-17(3)16-9(11)2/h6-8H,4-5H2,1-3H3. The van der Waals surface area contributed by atoms with Crippen LogP contribution in [0.25, 0.3) is 16.2 Å². The molecule has 0 aliphatic heterocycles. The van der Waals surface area contributed by atoms with Crippen molar-refractivity contribution < 1.29 is 9.53 Å². The molecule has 0 fully saturated rings. The Labute approximate surface area is 126 Å². The number of imidazole rings is 1. The average Bonchev–Trinajstić information content (AvgIpc) is 3.06. The molecule has 6 nitrogen and oxygen atoms in total. The van der Waals surface area contributed by atoms with Gasteiger partial charge in [-0.3, -0.25) is 13.9 Å². The zero-order chi connectivity index (χ0) is 15.0. The van der Waals surface area contributed by atoms with Crippen LogP contribution in [0.2, 0.25) is 0 Å². The molecule has 0 atom stereocenters. The van der Waals surface area contributed by atoms with Crippen LogP contribution in [-0.4, -0.2) is 31.7 Å². The molecule has 0 N–H and O–H groups in total. The summed E-state index contributed by atoms with van der Waals surface area (Å²) in [5, 5.41) is 6.28. The van der Waals surface area contributed by atoms with Crippen molar-refractivity contribution in [3.63, 3.8) is 0 Å². The van der Waals surface area contributed by atoms with E-state index < -0.39 is 0 Å². The molecule has 0 amide bonds. The third-order valence-electron chi connectivity index (χ3n) is 3.20. The second-order valence-electron chi connectivity index (χ2n) is 4.79. The minimum atomic E-state index is -0.218. The highest BCUT2D eigenvalue weighted by Crippen LogP contribution is 2.25. The maximum Gasteiger partial charge on any atom is 0.311 e. The fourth-order valence-corrected chi connectivity index (χ4v) is 3.17. The molecule has 0 bridgehead atoms. The smallest absolute Gasteiger partial charge is 0.311 e. The number of fused-ring (bicyclic) bond motifs is 1. The molecule has 3 aromatic heterocycles. The third-order valence-corrected chi connectivity index (χ3v) is 4.09. The van der Waals surface area contributed by atoms with Crippen LogP contribution in [0.3, 0.4) is 0 Å². The fraction of sp³-hybridized carbons (Fsp3) is 0.357. The summed E-state index contributed by atoms with van der Waals surface area (Å²) in [6.07, 6.45) is 4.16. The Morgan fingerprint density at radius 3 is 2.90 bits per heavy atom. The zero-order valence-corrected chi connectivity index (χ0v) is 13.0. The molecule has 7 heteroatoms. The number of hydrogen-bond donors (Lipinski definition) is 0. The first-order valence-corrected chi connectivity index (χ1v) is 7.58. The molecule has 0 aromatic carbocycles. The molecule has 0 unspecified atom stereocenters. The molecular formula is C14H16N4O2S. The number of aryl methyl sites for hydroxylation is 2. The molecule has 0 radical (unpaired) electrons. The molecule has 21 heavy (non-hydrogen) atoms. The van der Waals surface area contributed by atoms with Gasteiger partial charge in [0.2, 0.25) is 0 Å². The monoisotopic (exact) mass is 304 g/mol. The van der Waals surface area contributed by atoms with E-state index in [1.54, 1.807) is 4.68 Å². The second-order valence-corrected chi connectivity index (χ2v) is 5.63. The molecule has 0 aliphatic rings. The maximum atomic E-state index is 11.6. The van der Waals surface area contributed by atoms with Crippen molar-refractivity contribution in [2.24, 2.45) is 7.05 Å². The van der Waals surface area contributed by atoms with Gasteiger partial charge in [0.15, 0.2) is 4.96 Å². The van der Waals surface area contributed by atoms with Crippen LogP contribution in [0.4, 0.5) is 0 Å². The lowest BCUT2D eigenvalue weighted by atomic mass is 10.2. The fourth-order valence-electron chi connectivity index (χ4n) is 2.30. The van der Waals surface area contributed by atoms with Gasteiger partial charge in [0, 0.05) is 36.1 Å². The van der Waals surface area contributed by atoms with E-state index in [2.05, 4.69) is 10.1 Å². The van der Waals surface area contributed by atoms with E-state index >= 15 is 0 Å². The Morgan fingerprint density at radius 1 is 1.43 bits per heavy atom. The van der Waals surface area contributed by atoms with Gasteiger partial charge in [-0.15, -0.1) is 11.3 Å². The van der Waals surface area contributed by atoms with Crippen molar-refractivity contribution in [2.75, 3.05) is 6.61 Å². The Balaban J connectivity index is 1.96. The Kier molecular flexibility index (Phi) is 3.50. The summed E-state index contributed by atoms with van der Waals surface area (Å²) in [5.41, 5.74) is 3.72. The number of esters is 1. The van der Waals surface area contributed by atoms with Crippen molar-refractivity contribution in [3.8, 4) is 11.3 Å². The van der Waals surface area contributed by atoms with Crippen molar-refractivity contribution >= 4 is 22.3 Å². The van der Waals surface area contributed by atoms with Crippen LogP contribution in [0.15, 0.2) is 17.8 Å². The van der Waals surface area contributed by atoms with Crippen molar-refractivity contribution in [3.05, 3.63) is 29.2 Å². The van der Waals surface area contributed by atoms with Gasteiger partial charge in [-0.2, -0.15) is 5.10 Å². The lowest BCUT2D eigenvalue weighted by molar-refractivity contribution is -0.142. The molecule has 0 saturated carbocycles. The van der Waals surface area contributed by atoms with E-state index in [4.69, 9.17) is 4.74 Å². The lowest BCUT2D eigenvalue weighted by Gasteiger charge is -2.00. The molecule has 0 aliphatic carbocycles. The van der Waals surface area contributed by atoms with Crippen molar-refractivity contribution in [2.45, 2.75) is 20.3 Å². The van der Waals surface area contributed by atoms with Crippen LogP contribution in [-0.2, 0) is 23.0 Å². The number of hydrogen-bond acceptors (Lipinski definition) is 5. The van der Waals surface area contributed by atoms with Gasteiger partial charge in [-0.05, 0) is 13.8 Å². The number of nitrogens with zero attached hydrogens (tertiary/aromatic N) is 4. The summed E-state index contributed by atoms with van der Waals surface area (Å²) < 4.78 is 8.72. The number of carbonyl (C=O) groups is 1. The van der Waals surface area contributed by atoms with Crippen LogP contribution in [0.5, 0.6) is 0 Å². The molecule has 0 spiro atoms. The largest absolute Gasteiger partial charge is 0.466 e. The quantitative estimate of drug-likeness (QED) is 0.693. The van der Waals surface area contributed by atoms with Crippen molar-refractivity contribution in [1.29, 1.82) is 0 Å². The number of aromatic nitrogens is 4. The van der Waals surface area contributed by atoms with Gasteiger partial charge in [0.25, 0.3) is 0 Å². The van der Waals surface area contributed by atoms with E-state index in [0.717, 1.165) is 27.6 Å². The van der Waals surface area contributed by atoms with E-state index in [0.29, 0.717) is 6.61 Å².